The van der Waals surface area contributed by atoms with E-state index in [1.807, 2.05) is 18.2 Å². The molecule has 1 aliphatic rings. The molecule has 5 rings (SSSR count). The predicted molar refractivity (Wildman–Crippen MR) is 116 cm³/mol. The fraction of sp³-hybridized carbons (Fsp3) is 0.261. The molecule has 1 saturated carbocycles. The average Bonchev–Trinajstić information content (AvgIpc) is 3.35. The molecule has 0 atom stereocenters. The first-order valence-electron chi connectivity index (χ1n) is 10.7. The van der Waals surface area contributed by atoms with Gasteiger partial charge in [-0.3, -0.25) is 4.79 Å². The standard InChI is InChI=1S/C23H19F3N6O3/c1-13-27-20(22-29-19(31-35-22)15-5-9-18(10-6-15)34-23(24,25)26)30-32(13)12-14-3-2-4-16(11-14)21(33)28-17-7-8-17/h2-6,9-11,17H,7-8,12H2,1H3,(H,28,33). The van der Waals surface area contributed by atoms with Gasteiger partial charge in [-0.15, -0.1) is 18.3 Å². The van der Waals surface area contributed by atoms with Gasteiger partial charge in [0, 0.05) is 17.2 Å². The quantitative estimate of drug-likeness (QED) is 0.420. The maximum atomic E-state index is 12.3. The van der Waals surface area contributed by atoms with E-state index in [4.69, 9.17) is 4.52 Å². The van der Waals surface area contributed by atoms with Crippen molar-refractivity contribution < 1.29 is 27.2 Å². The number of hydrogen-bond acceptors (Lipinski definition) is 7. The van der Waals surface area contributed by atoms with Gasteiger partial charge in [0.1, 0.15) is 11.6 Å². The monoisotopic (exact) mass is 484 g/mol. The Labute approximate surface area is 196 Å². The van der Waals surface area contributed by atoms with Crippen LogP contribution in [0.4, 0.5) is 13.2 Å². The van der Waals surface area contributed by atoms with E-state index in [2.05, 4.69) is 30.3 Å². The van der Waals surface area contributed by atoms with E-state index in [0.29, 0.717) is 23.5 Å². The lowest BCUT2D eigenvalue weighted by Crippen LogP contribution is -2.25. The minimum Gasteiger partial charge on any atom is -0.406 e. The Bertz CT molecular complexity index is 1360. The van der Waals surface area contributed by atoms with E-state index in [9.17, 15) is 18.0 Å². The van der Waals surface area contributed by atoms with Gasteiger partial charge >= 0.3 is 6.36 Å². The number of carbonyl (C=O) groups is 1. The molecule has 2 aromatic heterocycles. The molecule has 0 radical (unpaired) electrons. The maximum absolute atomic E-state index is 12.3. The first-order valence-corrected chi connectivity index (χ1v) is 10.7. The van der Waals surface area contributed by atoms with Gasteiger partial charge in [-0.2, -0.15) is 4.98 Å². The molecule has 0 aliphatic heterocycles. The van der Waals surface area contributed by atoms with Crippen molar-refractivity contribution in [3.63, 3.8) is 0 Å². The van der Waals surface area contributed by atoms with Crippen LogP contribution < -0.4 is 10.1 Å². The molecule has 1 amide bonds. The minimum absolute atomic E-state index is 0.0648. The van der Waals surface area contributed by atoms with Gasteiger partial charge < -0.3 is 14.6 Å². The number of nitrogens with one attached hydrogen (secondary N) is 1. The SMILES string of the molecule is Cc1nc(-c2nc(-c3ccc(OC(F)(F)F)cc3)no2)nn1Cc1cccc(C(=O)NC2CC2)c1. The summed E-state index contributed by atoms with van der Waals surface area (Å²) in [6.45, 7) is 2.15. The molecule has 4 aromatic rings. The molecule has 180 valence electrons. The van der Waals surface area contributed by atoms with Crippen molar-refractivity contribution >= 4 is 5.91 Å². The Morgan fingerprint density at radius 3 is 2.63 bits per heavy atom. The highest BCUT2D eigenvalue weighted by Gasteiger charge is 2.31. The third-order valence-corrected chi connectivity index (χ3v) is 5.25. The second-order valence-corrected chi connectivity index (χ2v) is 8.08. The van der Waals surface area contributed by atoms with Crippen molar-refractivity contribution in [1.29, 1.82) is 0 Å². The number of amides is 1. The summed E-state index contributed by atoms with van der Waals surface area (Å²) in [5, 5.41) is 11.3. The molecule has 1 aliphatic carbocycles. The van der Waals surface area contributed by atoms with Gasteiger partial charge in [-0.25, -0.2) is 9.67 Å². The van der Waals surface area contributed by atoms with Crippen LogP contribution in [0.2, 0.25) is 0 Å². The van der Waals surface area contributed by atoms with E-state index in [0.717, 1.165) is 30.5 Å². The highest BCUT2D eigenvalue weighted by Crippen LogP contribution is 2.26. The minimum atomic E-state index is -4.77. The summed E-state index contributed by atoms with van der Waals surface area (Å²) in [6, 6.07) is 12.7. The van der Waals surface area contributed by atoms with Crippen LogP contribution in [0.15, 0.2) is 53.1 Å². The third-order valence-electron chi connectivity index (χ3n) is 5.25. The van der Waals surface area contributed by atoms with Crippen molar-refractivity contribution in [3.05, 3.63) is 65.5 Å². The number of halogens is 3. The van der Waals surface area contributed by atoms with Crippen LogP contribution in [-0.4, -0.2) is 43.2 Å². The maximum Gasteiger partial charge on any atom is 0.573 e. The Hall–Kier alpha value is -4.22. The van der Waals surface area contributed by atoms with Gasteiger partial charge in [0.15, 0.2) is 0 Å². The van der Waals surface area contributed by atoms with E-state index < -0.39 is 6.36 Å². The van der Waals surface area contributed by atoms with Gasteiger partial charge in [0.25, 0.3) is 11.8 Å². The van der Waals surface area contributed by atoms with Crippen molar-refractivity contribution in [2.45, 2.75) is 38.7 Å². The number of rotatable bonds is 7. The molecular weight excluding hydrogens is 465 g/mol. The number of ether oxygens (including phenoxy) is 1. The van der Waals surface area contributed by atoms with Crippen molar-refractivity contribution in [3.8, 4) is 28.9 Å². The lowest BCUT2D eigenvalue weighted by Gasteiger charge is -2.08. The van der Waals surface area contributed by atoms with Crippen LogP contribution in [0, 0.1) is 6.92 Å². The third kappa shape index (κ3) is 5.48. The fourth-order valence-electron chi connectivity index (χ4n) is 3.38. The van der Waals surface area contributed by atoms with Crippen LogP contribution in [0.1, 0.15) is 34.6 Å². The molecule has 0 unspecified atom stereocenters. The molecule has 2 aromatic carbocycles. The summed E-state index contributed by atoms with van der Waals surface area (Å²) < 4.78 is 47.8. The van der Waals surface area contributed by atoms with Crippen LogP contribution >= 0.6 is 0 Å². The molecule has 35 heavy (non-hydrogen) atoms. The van der Waals surface area contributed by atoms with Gasteiger partial charge in [0.05, 0.1) is 6.54 Å². The van der Waals surface area contributed by atoms with Crippen LogP contribution in [0.5, 0.6) is 5.75 Å². The molecule has 0 saturated heterocycles. The summed E-state index contributed by atoms with van der Waals surface area (Å²) in [5.41, 5.74) is 1.90. The summed E-state index contributed by atoms with van der Waals surface area (Å²) in [4.78, 5) is 21.0. The molecule has 0 bridgehead atoms. The smallest absolute Gasteiger partial charge is 0.406 e. The van der Waals surface area contributed by atoms with Crippen LogP contribution in [0.3, 0.4) is 0 Å². The summed E-state index contributed by atoms with van der Waals surface area (Å²) in [6.07, 6.45) is -2.74. The summed E-state index contributed by atoms with van der Waals surface area (Å²) in [5.74, 6) is 0.593. The van der Waals surface area contributed by atoms with Gasteiger partial charge in [-0.05, 0) is 61.7 Å². The first kappa shape index (κ1) is 22.6. The Kier molecular flexibility index (Phi) is 5.71. The number of aryl methyl sites for hydroxylation is 1. The van der Waals surface area contributed by atoms with E-state index in [-0.39, 0.29) is 35.2 Å². The summed E-state index contributed by atoms with van der Waals surface area (Å²) >= 11 is 0. The highest BCUT2D eigenvalue weighted by molar-refractivity contribution is 5.94. The topological polar surface area (TPSA) is 108 Å². The molecule has 12 heteroatoms. The molecule has 9 nitrogen and oxygen atoms in total. The zero-order valence-corrected chi connectivity index (χ0v) is 18.4. The first-order chi connectivity index (χ1) is 16.7. The zero-order chi connectivity index (χ0) is 24.6. The van der Waals surface area contributed by atoms with Crippen LogP contribution in [-0.2, 0) is 6.54 Å². The number of aromatic nitrogens is 5. The van der Waals surface area contributed by atoms with Crippen molar-refractivity contribution in [2.24, 2.45) is 0 Å². The molecule has 0 spiro atoms. The Morgan fingerprint density at radius 1 is 1.14 bits per heavy atom. The number of nitrogens with zero attached hydrogens (tertiary/aromatic N) is 5. The fourth-order valence-corrected chi connectivity index (χ4v) is 3.38. The number of benzene rings is 2. The zero-order valence-electron chi connectivity index (χ0n) is 18.4. The van der Waals surface area contributed by atoms with E-state index in [1.165, 1.54) is 12.1 Å². The van der Waals surface area contributed by atoms with E-state index >= 15 is 0 Å². The van der Waals surface area contributed by atoms with Gasteiger partial charge in [-0.1, -0.05) is 17.3 Å². The van der Waals surface area contributed by atoms with Crippen LogP contribution in [0.25, 0.3) is 23.1 Å². The average molecular weight is 484 g/mol. The lowest BCUT2D eigenvalue weighted by atomic mass is 10.1. The normalized spacial score (nSPS) is 13.6. The Balaban J connectivity index is 1.30. The van der Waals surface area contributed by atoms with Crippen molar-refractivity contribution in [2.75, 3.05) is 0 Å². The molecule has 1 N–H and O–H groups in total. The lowest BCUT2D eigenvalue weighted by molar-refractivity contribution is -0.274. The number of hydrogen-bond donors (Lipinski definition) is 1. The van der Waals surface area contributed by atoms with Crippen molar-refractivity contribution in [1.82, 2.24) is 30.2 Å². The van der Waals surface area contributed by atoms with E-state index in [1.54, 1.807) is 17.7 Å². The second kappa shape index (κ2) is 8.85. The Morgan fingerprint density at radius 2 is 1.91 bits per heavy atom. The predicted octanol–water partition coefficient (Wildman–Crippen LogP) is 4.14. The number of alkyl halides is 3. The molecule has 2 heterocycles. The number of carbonyl (C=O) groups excluding carboxylic acids is 1. The molecule has 1 fully saturated rings. The van der Waals surface area contributed by atoms with Gasteiger partial charge in [0.2, 0.25) is 11.6 Å². The highest BCUT2D eigenvalue weighted by atomic mass is 19.4. The largest absolute Gasteiger partial charge is 0.573 e. The second-order valence-electron chi connectivity index (χ2n) is 8.08. The molecular formula is C23H19F3N6O3. The summed E-state index contributed by atoms with van der Waals surface area (Å²) in [7, 11) is 0.